The van der Waals surface area contributed by atoms with E-state index in [9.17, 15) is 4.79 Å². The second-order valence-electron chi connectivity index (χ2n) is 6.48. The molecule has 0 aromatic carbocycles. The number of esters is 1. The maximum Gasteiger partial charge on any atom is 0.333 e. The maximum absolute atomic E-state index is 11.4. The van der Waals surface area contributed by atoms with Crippen molar-refractivity contribution in [3.8, 4) is 0 Å². The van der Waals surface area contributed by atoms with Gasteiger partial charge in [-0.15, -0.1) is 0 Å². The average Bonchev–Trinajstić information content (AvgIpc) is 2.42. The average molecular weight is 294 g/mol. The van der Waals surface area contributed by atoms with Gasteiger partial charge in [-0.05, 0) is 44.4 Å². The number of hydrogen-bond acceptors (Lipinski definition) is 3. The number of rotatable bonds is 7. The Balaban J connectivity index is 2.76. The first-order valence-corrected chi connectivity index (χ1v) is 8.01. The fourth-order valence-electron chi connectivity index (χ4n) is 3.08. The summed E-state index contributed by atoms with van der Waals surface area (Å²) in [4.78, 5) is 11.4. The van der Waals surface area contributed by atoms with Gasteiger partial charge in [-0.2, -0.15) is 0 Å². The highest BCUT2D eigenvalue weighted by molar-refractivity contribution is 5.82. The molecule has 3 nitrogen and oxygen atoms in total. The first kappa shape index (κ1) is 17.8. The Bertz CT molecular complexity index is 416. The highest BCUT2D eigenvalue weighted by Gasteiger charge is 2.28. The van der Waals surface area contributed by atoms with Crippen LogP contribution in [0.4, 0.5) is 0 Å². The zero-order valence-corrected chi connectivity index (χ0v) is 14.3. The molecule has 0 aliphatic heterocycles. The van der Waals surface area contributed by atoms with E-state index >= 15 is 0 Å². The minimum atomic E-state index is -0.338. The van der Waals surface area contributed by atoms with Crippen LogP contribution in [0.1, 0.15) is 66.2 Å². The second-order valence-corrected chi connectivity index (χ2v) is 6.48. The maximum atomic E-state index is 11.4. The molecule has 0 spiro atoms. The Morgan fingerprint density at radius 3 is 2.67 bits per heavy atom. The zero-order chi connectivity index (χ0) is 15.9. The van der Waals surface area contributed by atoms with Crippen molar-refractivity contribution in [1.29, 1.82) is 0 Å². The van der Waals surface area contributed by atoms with Gasteiger partial charge in [0.25, 0.3) is 0 Å². The van der Waals surface area contributed by atoms with E-state index in [1.54, 1.807) is 0 Å². The molecular weight excluding hydrogens is 264 g/mol. The number of hydrogen-bond donors (Lipinski definition) is 0. The lowest BCUT2D eigenvalue weighted by Crippen LogP contribution is -2.20. The minimum Gasteiger partial charge on any atom is -0.498 e. The van der Waals surface area contributed by atoms with Crippen molar-refractivity contribution in [1.82, 2.24) is 0 Å². The SMILES string of the molecule is CCCOC(=CC(=O)OC)CCC1=C(C)CCCC1(C)C. The van der Waals surface area contributed by atoms with Crippen molar-refractivity contribution >= 4 is 5.97 Å². The van der Waals surface area contributed by atoms with Crippen LogP contribution < -0.4 is 0 Å². The van der Waals surface area contributed by atoms with Crippen molar-refractivity contribution in [2.24, 2.45) is 5.41 Å². The highest BCUT2D eigenvalue weighted by Crippen LogP contribution is 2.42. The van der Waals surface area contributed by atoms with E-state index in [0.717, 1.165) is 25.0 Å². The van der Waals surface area contributed by atoms with Crippen LogP contribution in [0.5, 0.6) is 0 Å². The van der Waals surface area contributed by atoms with Crippen LogP contribution in [0.2, 0.25) is 0 Å². The number of methoxy groups -OCH3 is 1. The lowest BCUT2D eigenvalue weighted by molar-refractivity contribution is -0.135. The lowest BCUT2D eigenvalue weighted by atomic mass is 9.71. The van der Waals surface area contributed by atoms with Crippen molar-refractivity contribution < 1.29 is 14.3 Å². The summed E-state index contributed by atoms with van der Waals surface area (Å²) in [6.07, 6.45) is 7.87. The fourth-order valence-corrected chi connectivity index (χ4v) is 3.08. The third kappa shape index (κ3) is 5.56. The van der Waals surface area contributed by atoms with Crippen LogP contribution in [-0.4, -0.2) is 19.7 Å². The Hall–Kier alpha value is -1.25. The van der Waals surface area contributed by atoms with E-state index in [2.05, 4.69) is 27.7 Å². The Labute approximate surface area is 129 Å². The van der Waals surface area contributed by atoms with E-state index < -0.39 is 0 Å². The van der Waals surface area contributed by atoms with Gasteiger partial charge >= 0.3 is 5.97 Å². The first-order chi connectivity index (χ1) is 9.90. The second kappa shape index (κ2) is 8.26. The van der Waals surface area contributed by atoms with Crippen molar-refractivity contribution in [3.63, 3.8) is 0 Å². The van der Waals surface area contributed by atoms with Gasteiger partial charge in [0.15, 0.2) is 0 Å². The number of allylic oxidation sites excluding steroid dienone is 3. The third-order valence-electron chi connectivity index (χ3n) is 4.28. The lowest BCUT2D eigenvalue weighted by Gasteiger charge is -2.35. The van der Waals surface area contributed by atoms with E-state index in [0.29, 0.717) is 6.61 Å². The highest BCUT2D eigenvalue weighted by atomic mass is 16.5. The van der Waals surface area contributed by atoms with Gasteiger partial charge < -0.3 is 9.47 Å². The third-order valence-corrected chi connectivity index (χ3v) is 4.28. The summed E-state index contributed by atoms with van der Waals surface area (Å²) in [5, 5.41) is 0. The normalized spacial score (nSPS) is 18.6. The molecule has 0 fully saturated rings. The van der Waals surface area contributed by atoms with Crippen LogP contribution in [0.25, 0.3) is 0 Å². The Morgan fingerprint density at radius 1 is 1.38 bits per heavy atom. The molecule has 0 bridgehead atoms. The zero-order valence-electron chi connectivity index (χ0n) is 14.3. The quantitative estimate of drug-likeness (QED) is 0.293. The van der Waals surface area contributed by atoms with Gasteiger partial charge in [-0.3, -0.25) is 0 Å². The molecule has 0 heterocycles. The van der Waals surface area contributed by atoms with Crippen LogP contribution >= 0.6 is 0 Å². The molecule has 0 unspecified atom stereocenters. The van der Waals surface area contributed by atoms with E-state index in [4.69, 9.17) is 9.47 Å². The predicted molar refractivity (Wildman–Crippen MR) is 85.9 cm³/mol. The van der Waals surface area contributed by atoms with Crippen LogP contribution in [-0.2, 0) is 14.3 Å². The molecule has 21 heavy (non-hydrogen) atoms. The molecule has 0 aromatic rings. The molecule has 0 N–H and O–H groups in total. The van der Waals surface area contributed by atoms with Crippen LogP contribution in [0.3, 0.4) is 0 Å². The van der Waals surface area contributed by atoms with Crippen molar-refractivity contribution in [2.45, 2.75) is 66.2 Å². The summed E-state index contributed by atoms with van der Waals surface area (Å²) in [6, 6.07) is 0. The molecule has 120 valence electrons. The Kier molecular flexibility index (Phi) is 7.00. The monoisotopic (exact) mass is 294 g/mol. The van der Waals surface area contributed by atoms with Gasteiger partial charge in [0, 0.05) is 6.42 Å². The van der Waals surface area contributed by atoms with Gasteiger partial charge in [-0.1, -0.05) is 31.9 Å². The van der Waals surface area contributed by atoms with Gasteiger partial charge in [0.1, 0.15) is 5.76 Å². The standard InChI is InChI=1S/C18H30O3/c1-6-12-21-15(13-17(19)20-5)9-10-16-14(2)8-7-11-18(16,3)4/h13H,6-12H2,1-5H3. The summed E-state index contributed by atoms with van der Waals surface area (Å²) in [6.45, 7) is 9.59. The van der Waals surface area contributed by atoms with Gasteiger partial charge in [0.05, 0.1) is 19.8 Å². The summed E-state index contributed by atoms with van der Waals surface area (Å²) in [7, 11) is 1.40. The summed E-state index contributed by atoms with van der Waals surface area (Å²) >= 11 is 0. The molecule has 0 radical (unpaired) electrons. The Morgan fingerprint density at radius 2 is 2.10 bits per heavy atom. The van der Waals surface area contributed by atoms with Gasteiger partial charge in [-0.25, -0.2) is 4.79 Å². The largest absolute Gasteiger partial charge is 0.498 e. The number of ether oxygens (including phenoxy) is 2. The number of carbonyl (C=O) groups excluding carboxylic acids is 1. The summed E-state index contributed by atoms with van der Waals surface area (Å²) in [5.74, 6) is 0.403. The summed E-state index contributed by atoms with van der Waals surface area (Å²) < 4.78 is 10.4. The molecule has 1 aliphatic carbocycles. The minimum absolute atomic E-state index is 0.267. The molecule has 1 aliphatic rings. The topological polar surface area (TPSA) is 35.5 Å². The molecule has 3 heteroatoms. The molecule has 1 rings (SSSR count). The smallest absolute Gasteiger partial charge is 0.333 e. The molecule has 0 amide bonds. The fraction of sp³-hybridized carbons (Fsp3) is 0.722. The van der Waals surface area contributed by atoms with Crippen molar-refractivity contribution in [2.75, 3.05) is 13.7 Å². The van der Waals surface area contributed by atoms with E-state index in [1.165, 1.54) is 43.6 Å². The summed E-state index contributed by atoms with van der Waals surface area (Å²) in [5.41, 5.74) is 3.31. The van der Waals surface area contributed by atoms with Crippen molar-refractivity contribution in [3.05, 3.63) is 23.0 Å². The molecular formula is C18H30O3. The van der Waals surface area contributed by atoms with Crippen LogP contribution in [0, 0.1) is 5.41 Å². The first-order valence-electron chi connectivity index (χ1n) is 8.01. The predicted octanol–water partition coefficient (Wildman–Crippen LogP) is 4.78. The molecule has 0 aromatic heterocycles. The van der Waals surface area contributed by atoms with E-state index in [1.807, 2.05) is 0 Å². The molecule has 0 saturated heterocycles. The van der Waals surface area contributed by atoms with E-state index in [-0.39, 0.29) is 11.4 Å². The molecule has 0 saturated carbocycles. The van der Waals surface area contributed by atoms with Crippen LogP contribution in [0.15, 0.2) is 23.0 Å². The van der Waals surface area contributed by atoms with Gasteiger partial charge in [0.2, 0.25) is 0 Å². The molecule has 0 atom stereocenters. The number of carbonyl (C=O) groups is 1.